The number of benzene rings is 4. The van der Waals surface area contributed by atoms with E-state index in [2.05, 4.69) is 15.6 Å². The van der Waals surface area contributed by atoms with E-state index in [1.165, 1.54) is 23.1 Å². The van der Waals surface area contributed by atoms with Gasteiger partial charge in [-0.3, -0.25) is 9.59 Å². The van der Waals surface area contributed by atoms with Gasteiger partial charge in [0.05, 0.1) is 44.0 Å². The van der Waals surface area contributed by atoms with Crippen LogP contribution < -0.4 is 15.4 Å². The molecule has 0 fully saturated rings. The number of halogens is 4. The molecule has 5 rings (SSSR count). The third-order valence-corrected chi connectivity index (χ3v) is 10.3. The van der Waals surface area contributed by atoms with Crippen LogP contribution in [0.3, 0.4) is 0 Å². The molecule has 1 atom stereocenters. The number of aromatic carboxylic acids is 1. The Morgan fingerprint density at radius 2 is 1.52 bits per heavy atom. The van der Waals surface area contributed by atoms with Crippen molar-refractivity contribution in [2.24, 2.45) is 0 Å². The van der Waals surface area contributed by atoms with E-state index in [0.717, 1.165) is 16.9 Å². The van der Waals surface area contributed by atoms with Crippen molar-refractivity contribution in [3.05, 3.63) is 121 Å². The number of thioether (sulfide) groups is 1. The molecule has 1 aromatic heterocycles. The number of carbonyl (C=O) groups excluding carboxylic acids is 2. The summed E-state index contributed by atoms with van der Waals surface area (Å²) in [6, 6.07) is 23.4. The Labute approximate surface area is 291 Å². The minimum atomic E-state index is -1.51. The zero-order valence-corrected chi connectivity index (χ0v) is 28.2. The molecule has 8 nitrogen and oxygen atoms in total. The number of methoxy groups -OCH3 is 1. The number of thiazole rings is 1. The van der Waals surface area contributed by atoms with Crippen LogP contribution in [0.15, 0.2) is 89.1 Å². The van der Waals surface area contributed by atoms with Crippen molar-refractivity contribution in [3.63, 3.8) is 0 Å². The second kappa shape index (κ2) is 14.8. The van der Waals surface area contributed by atoms with Gasteiger partial charge in [-0.25, -0.2) is 9.78 Å². The van der Waals surface area contributed by atoms with Gasteiger partial charge in [-0.15, -0.1) is 23.1 Å². The smallest absolute Gasteiger partial charge is 0.338 e. The summed E-state index contributed by atoms with van der Waals surface area (Å²) in [5, 5.41) is 15.6. The number of ether oxygens (including phenoxy) is 1. The molecule has 0 radical (unpaired) electrons. The number of hydrogen-bond donors (Lipinski definition) is 3. The molecular formula is C32H21Cl4N3O5S2. The van der Waals surface area contributed by atoms with Gasteiger partial charge in [0.1, 0.15) is 11.0 Å². The van der Waals surface area contributed by atoms with Crippen LogP contribution in [0, 0.1) is 0 Å². The zero-order chi connectivity index (χ0) is 33.0. The Morgan fingerprint density at radius 3 is 2.17 bits per heavy atom. The fourth-order valence-corrected chi connectivity index (χ4v) is 7.15. The monoisotopic (exact) mass is 731 g/mol. The summed E-state index contributed by atoms with van der Waals surface area (Å²) in [5.41, 5.74) is 1.62. The van der Waals surface area contributed by atoms with E-state index in [1.807, 2.05) is 60.0 Å². The first-order valence-corrected chi connectivity index (χ1v) is 16.5. The quantitative estimate of drug-likeness (QED) is 0.0743. The highest BCUT2D eigenvalue weighted by Crippen LogP contribution is 2.42. The third-order valence-electron chi connectivity index (χ3n) is 6.51. The Kier molecular flexibility index (Phi) is 10.8. The molecule has 14 heteroatoms. The van der Waals surface area contributed by atoms with Gasteiger partial charge in [-0.05, 0) is 48.0 Å². The van der Waals surface area contributed by atoms with Crippen LogP contribution in [-0.2, 0) is 4.79 Å². The van der Waals surface area contributed by atoms with Crippen molar-refractivity contribution in [1.82, 2.24) is 4.98 Å². The Bertz CT molecular complexity index is 1940. The first kappa shape index (κ1) is 33.6. The molecule has 0 saturated heterocycles. The van der Waals surface area contributed by atoms with Crippen LogP contribution in [0.25, 0.3) is 11.3 Å². The van der Waals surface area contributed by atoms with Crippen molar-refractivity contribution >= 4 is 98.1 Å². The average molecular weight is 733 g/mol. The molecule has 0 aliphatic carbocycles. The predicted octanol–water partition coefficient (Wildman–Crippen LogP) is 9.85. The number of rotatable bonds is 10. The zero-order valence-electron chi connectivity index (χ0n) is 23.5. The van der Waals surface area contributed by atoms with Crippen LogP contribution in [0.4, 0.5) is 10.8 Å². The molecular weight excluding hydrogens is 712 g/mol. The molecule has 0 aliphatic rings. The Balaban J connectivity index is 1.38. The molecule has 46 heavy (non-hydrogen) atoms. The number of aromatic nitrogens is 1. The molecule has 0 spiro atoms. The number of carbonyl (C=O) groups is 3. The fourth-order valence-electron chi connectivity index (χ4n) is 4.32. The lowest BCUT2D eigenvalue weighted by molar-refractivity contribution is -0.115. The number of nitrogens with one attached hydrogen (secondary N) is 2. The van der Waals surface area contributed by atoms with E-state index in [9.17, 15) is 19.5 Å². The van der Waals surface area contributed by atoms with Gasteiger partial charge in [0.2, 0.25) is 5.91 Å². The van der Waals surface area contributed by atoms with Gasteiger partial charge in [0.15, 0.2) is 5.13 Å². The van der Waals surface area contributed by atoms with Crippen molar-refractivity contribution in [2.75, 3.05) is 17.7 Å². The molecule has 1 heterocycles. The van der Waals surface area contributed by atoms with Crippen LogP contribution in [0.5, 0.6) is 5.75 Å². The molecule has 0 saturated carbocycles. The van der Waals surface area contributed by atoms with Gasteiger partial charge in [-0.2, -0.15) is 0 Å². The van der Waals surface area contributed by atoms with E-state index in [0.29, 0.717) is 21.4 Å². The van der Waals surface area contributed by atoms with Crippen molar-refractivity contribution in [2.45, 2.75) is 10.1 Å². The van der Waals surface area contributed by atoms with Crippen LogP contribution >= 0.6 is 69.5 Å². The van der Waals surface area contributed by atoms with Crippen LogP contribution in [-0.4, -0.2) is 35.0 Å². The maximum absolute atomic E-state index is 13.7. The lowest BCUT2D eigenvalue weighted by atomic mass is 10.1. The van der Waals surface area contributed by atoms with E-state index in [-0.39, 0.29) is 21.0 Å². The molecule has 0 bridgehead atoms. The van der Waals surface area contributed by atoms with E-state index < -0.39 is 33.3 Å². The third kappa shape index (κ3) is 7.44. The number of amides is 2. The van der Waals surface area contributed by atoms with Gasteiger partial charge >= 0.3 is 5.97 Å². The molecule has 1 unspecified atom stereocenters. The van der Waals surface area contributed by atoms with E-state index >= 15 is 0 Å². The van der Waals surface area contributed by atoms with Crippen LogP contribution in [0.2, 0.25) is 20.1 Å². The molecule has 5 aromatic rings. The molecule has 3 N–H and O–H groups in total. The fraction of sp³-hybridized carbons (Fsp3) is 0.0625. The highest BCUT2D eigenvalue weighted by atomic mass is 35.5. The highest BCUT2D eigenvalue weighted by Gasteiger charge is 2.29. The van der Waals surface area contributed by atoms with E-state index in [4.69, 9.17) is 51.1 Å². The van der Waals surface area contributed by atoms with Gasteiger partial charge in [0.25, 0.3) is 5.91 Å². The Morgan fingerprint density at radius 1 is 0.848 bits per heavy atom. The van der Waals surface area contributed by atoms with Crippen LogP contribution in [0.1, 0.15) is 31.5 Å². The number of carboxylic acid groups (broad SMARTS) is 1. The van der Waals surface area contributed by atoms with Gasteiger partial charge in [0, 0.05) is 21.5 Å². The summed E-state index contributed by atoms with van der Waals surface area (Å²) >= 11 is 27.0. The van der Waals surface area contributed by atoms with Crippen molar-refractivity contribution in [3.8, 4) is 17.0 Å². The van der Waals surface area contributed by atoms with Gasteiger partial charge in [-0.1, -0.05) is 82.8 Å². The Hall–Kier alpha value is -3.77. The molecule has 0 aliphatic heterocycles. The maximum Gasteiger partial charge on any atom is 0.338 e. The molecule has 234 valence electrons. The minimum Gasteiger partial charge on any atom is -0.497 e. The lowest BCUT2D eigenvalue weighted by Crippen LogP contribution is -2.19. The molecule has 4 aromatic carbocycles. The summed E-state index contributed by atoms with van der Waals surface area (Å²) in [4.78, 5) is 44.1. The topological polar surface area (TPSA) is 118 Å². The number of nitrogens with zero attached hydrogens (tertiary/aromatic N) is 1. The molecule has 2 amide bonds. The van der Waals surface area contributed by atoms with Crippen molar-refractivity contribution in [1.29, 1.82) is 0 Å². The summed E-state index contributed by atoms with van der Waals surface area (Å²) in [6.45, 7) is 0. The maximum atomic E-state index is 13.7. The largest absolute Gasteiger partial charge is 0.497 e. The normalized spacial score (nSPS) is 11.5. The highest BCUT2D eigenvalue weighted by molar-refractivity contribution is 8.00. The summed E-state index contributed by atoms with van der Waals surface area (Å²) in [6.07, 6.45) is 0. The predicted molar refractivity (Wildman–Crippen MR) is 186 cm³/mol. The minimum absolute atomic E-state index is 0.249. The lowest BCUT2D eigenvalue weighted by Gasteiger charge is -2.17. The van der Waals surface area contributed by atoms with E-state index in [1.54, 1.807) is 31.4 Å². The summed E-state index contributed by atoms with van der Waals surface area (Å²) in [5.74, 6) is -1.94. The standard InChI is InChI=1S/C32H21Cl4N3O5S2/c1-44-19-12-10-16(11-13-19)21-15-45-32(38-21)39-30(41)28(17-6-3-2-4-7-17)46-20-9-5-8-18(14-20)37-29(40)22-23(31(42)43)25(34)27(36)26(35)24(22)33/h2-15,28H,1H3,(H,37,40)(H,42,43)(H,38,39,41). The number of carboxylic acids is 1. The van der Waals surface area contributed by atoms with Crippen molar-refractivity contribution < 1.29 is 24.2 Å². The summed E-state index contributed by atoms with van der Waals surface area (Å²) < 4.78 is 5.22. The first-order valence-electron chi connectivity index (χ1n) is 13.2. The number of anilines is 2. The number of hydrogen-bond acceptors (Lipinski definition) is 7. The average Bonchev–Trinajstić information content (AvgIpc) is 3.52. The first-order chi connectivity index (χ1) is 22.1. The SMILES string of the molecule is COc1ccc(-c2csc(NC(=O)C(Sc3cccc(NC(=O)c4c(Cl)c(Cl)c(Cl)c(Cl)c4C(=O)O)c3)c3ccccc3)n2)cc1. The second-order valence-electron chi connectivity index (χ2n) is 9.46. The summed E-state index contributed by atoms with van der Waals surface area (Å²) in [7, 11) is 1.60. The second-order valence-corrected chi connectivity index (χ2v) is 13.0. The van der Waals surface area contributed by atoms with Gasteiger partial charge < -0.3 is 20.5 Å².